The van der Waals surface area contributed by atoms with Crippen molar-refractivity contribution in [1.82, 2.24) is 0 Å². The summed E-state index contributed by atoms with van der Waals surface area (Å²) in [5.41, 5.74) is 0. The normalized spacial score (nSPS) is 13.5. The molecule has 0 aliphatic rings. The van der Waals surface area contributed by atoms with Gasteiger partial charge in [-0.15, -0.1) is 0 Å². The number of thioether (sulfide) groups is 1. The highest BCUT2D eigenvalue weighted by molar-refractivity contribution is 8.04. The first-order valence-corrected chi connectivity index (χ1v) is 5.99. The lowest BCUT2D eigenvalue weighted by atomic mass is 10.1. The van der Waals surface area contributed by atoms with Gasteiger partial charge < -0.3 is 0 Å². The molecule has 0 bridgehead atoms. The number of nitrogens with zero attached hydrogens (tertiary/aromatic N) is 1. The fourth-order valence-electron chi connectivity index (χ4n) is 1.33. The molecule has 5 heteroatoms. The van der Waals surface area contributed by atoms with Crippen LogP contribution in [-0.4, -0.2) is 11.4 Å². The summed E-state index contributed by atoms with van der Waals surface area (Å²) in [4.78, 5) is 0. The molecule has 0 aromatic carbocycles. The van der Waals surface area contributed by atoms with Crippen molar-refractivity contribution in [3.8, 4) is 5.40 Å². The van der Waals surface area contributed by atoms with E-state index in [9.17, 15) is 13.2 Å². The zero-order valence-corrected chi connectivity index (χ0v) is 9.63. The van der Waals surface area contributed by atoms with E-state index in [0.29, 0.717) is 6.42 Å². The number of halogens is 3. The fourth-order valence-corrected chi connectivity index (χ4v) is 2.04. The highest BCUT2D eigenvalue weighted by Crippen LogP contribution is 2.30. The average Bonchev–Trinajstić information content (AvgIpc) is 2.10. The number of thiocyanates is 1. The molecule has 0 radical (unpaired) electrons. The highest BCUT2D eigenvalue weighted by atomic mass is 32.2. The van der Waals surface area contributed by atoms with Crippen molar-refractivity contribution >= 4 is 11.8 Å². The molecule has 0 heterocycles. The van der Waals surface area contributed by atoms with Gasteiger partial charge in [-0.3, -0.25) is 0 Å². The van der Waals surface area contributed by atoms with Crippen molar-refractivity contribution in [2.45, 2.75) is 56.9 Å². The maximum Gasteiger partial charge on any atom is 0.390 e. The Morgan fingerprint density at radius 3 is 2.40 bits per heavy atom. The number of rotatable bonds is 7. The minimum Gasteiger partial charge on any atom is -0.185 e. The van der Waals surface area contributed by atoms with Crippen LogP contribution in [0.5, 0.6) is 0 Å². The van der Waals surface area contributed by atoms with Crippen LogP contribution in [0.1, 0.15) is 45.4 Å². The maximum atomic E-state index is 12.1. The standard InChI is InChI=1S/C10H16F3NS/c1-2-3-4-5-6-9(15-8-14)7-10(11,12)13/h9H,2-7H2,1H3. The van der Waals surface area contributed by atoms with E-state index < -0.39 is 17.8 Å². The lowest BCUT2D eigenvalue weighted by Gasteiger charge is -2.14. The number of nitriles is 1. The molecular formula is C10H16F3NS. The van der Waals surface area contributed by atoms with E-state index in [0.717, 1.165) is 37.4 Å². The molecule has 0 amide bonds. The van der Waals surface area contributed by atoms with Crippen molar-refractivity contribution in [2.24, 2.45) is 0 Å². The molecular weight excluding hydrogens is 223 g/mol. The third kappa shape index (κ3) is 9.92. The molecule has 88 valence electrons. The molecule has 0 aromatic rings. The summed E-state index contributed by atoms with van der Waals surface area (Å²) in [6.07, 6.45) is -0.667. The molecule has 0 N–H and O–H groups in total. The number of hydrogen-bond acceptors (Lipinski definition) is 2. The minimum atomic E-state index is -4.15. The summed E-state index contributed by atoms with van der Waals surface area (Å²) in [5, 5.41) is 9.54. The molecule has 1 atom stereocenters. The summed E-state index contributed by atoms with van der Waals surface area (Å²) in [6.45, 7) is 2.05. The van der Waals surface area contributed by atoms with Crippen molar-refractivity contribution in [1.29, 1.82) is 5.26 Å². The average molecular weight is 239 g/mol. The largest absolute Gasteiger partial charge is 0.390 e. The minimum absolute atomic E-state index is 0.484. The van der Waals surface area contributed by atoms with Crippen molar-refractivity contribution < 1.29 is 13.2 Å². The first kappa shape index (κ1) is 14.6. The van der Waals surface area contributed by atoms with E-state index >= 15 is 0 Å². The second-order valence-electron chi connectivity index (χ2n) is 3.50. The molecule has 0 saturated heterocycles. The maximum absolute atomic E-state index is 12.1. The Labute approximate surface area is 93.0 Å². The number of unbranched alkanes of at least 4 members (excludes halogenated alkanes) is 3. The summed E-state index contributed by atoms with van der Waals surface area (Å²) in [5.74, 6) is 0. The molecule has 0 rings (SSSR count). The van der Waals surface area contributed by atoms with Crippen LogP contribution in [0, 0.1) is 10.7 Å². The fraction of sp³-hybridized carbons (Fsp3) is 0.900. The van der Waals surface area contributed by atoms with Crippen LogP contribution in [0.2, 0.25) is 0 Å². The third-order valence-corrected chi connectivity index (χ3v) is 2.90. The number of hydrogen-bond donors (Lipinski definition) is 0. The van der Waals surface area contributed by atoms with Crippen LogP contribution < -0.4 is 0 Å². The summed E-state index contributed by atoms with van der Waals surface area (Å²) < 4.78 is 36.2. The van der Waals surface area contributed by atoms with Gasteiger partial charge in [0, 0.05) is 5.25 Å². The van der Waals surface area contributed by atoms with Crippen molar-refractivity contribution in [3.05, 3.63) is 0 Å². The summed E-state index contributed by atoms with van der Waals surface area (Å²) >= 11 is 0.747. The first-order chi connectivity index (χ1) is 6.99. The van der Waals surface area contributed by atoms with Crippen molar-refractivity contribution in [3.63, 3.8) is 0 Å². The molecule has 0 spiro atoms. The molecule has 0 aliphatic carbocycles. The monoisotopic (exact) mass is 239 g/mol. The third-order valence-electron chi connectivity index (χ3n) is 2.06. The van der Waals surface area contributed by atoms with E-state index in [1.54, 1.807) is 5.40 Å². The topological polar surface area (TPSA) is 23.8 Å². The van der Waals surface area contributed by atoms with Crippen LogP contribution >= 0.6 is 11.8 Å². The zero-order chi connectivity index (χ0) is 11.7. The van der Waals surface area contributed by atoms with Gasteiger partial charge in [-0.1, -0.05) is 32.6 Å². The first-order valence-electron chi connectivity index (χ1n) is 5.11. The predicted octanol–water partition coefficient (Wildman–Crippen LogP) is 4.49. The Morgan fingerprint density at radius 1 is 1.27 bits per heavy atom. The van der Waals surface area contributed by atoms with Gasteiger partial charge in [0.25, 0.3) is 0 Å². The molecule has 1 nitrogen and oxygen atoms in total. The molecule has 0 aliphatic heterocycles. The van der Waals surface area contributed by atoms with Crippen LogP contribution in [0.25, 0.3) is 0 Å². The predicted molar refractivity (Wildman–Crippen MR) is 56.4 cm³/mol. The van der Waals surface area contributed by atoms with Gasteiger partial charge in [0.15, 0.2) is 0 Å². The quantitative estimate of drug-likeness (QED) is 0.482. The van der Waals surface area contributed by atoms with E-state index in [4.69, 9.17) is 5.26 Å². The molecule has 0 aromatic heterocycles. The molecule has 0 fully saturated rings. The molecule has 15 heavy (non-hydrogen) atoms. The summed E-state index contributed by atoms with van der Waals surface area (Å²) in [7, 11) is 0. The van der Waals surface area contributed by atoms with Crippen molar-refractivity contribution in [2.75, 3.05) is 0 Å². The van der Waals surface area contributed by atoms with Gasteiger partial charge in [0.1, 0.15) is 5.40 Å². The van der Waals surface area contributed by atoms with Crippen LogP contribution in [-0.2, 0) is 0 Å². The van der Waals surface area contributed by atoms with Gasteiger partial charge in [0.2, 0.25) is 0 Å². The van der Waals surface area contributed by atoms with Crippen LogP contribution in [0.4, 0.5) is 13.2 Å². The molecule has 0 saturated carbocycles. The van der Waals surface area contributed by atoms with Crippen LogP contribution in [0.3, 0.4) is 0 Å². The zero-order valence-electron chi connectivity index (χ0n) is 8.81. The smallest absolute Gasteiger partial charge is 0.185 e. The lowest BCUT2D eigenvalue weighted by molar-refractivity contribution is -0.134. The Kier molecular flexibility index (Phi) is 7.67. The second kappa shape index (κ2) is 7.86. The van der Waals surface area contributed by atoms with Gasteiger partial charge in [0.05, 0.1) is 6.42 Å². The van der Waals surface area contributed by atoms with Gasteiger partial charge in [-0.25, -0.2) is 0 Å². The molecule has 1 unspecified atom stereocenters. The highest BCUT2D eigenvalue weighted by Gasteiger charge is 2.31. The Bertz CT molecular complexity index is 198. The van der Waals surface area contributed by atoms with Gasteiger partial charge >= 0.3 is 6.18 Å². The summed E-state index contributed by atoms with van der Waals surface area (Å²) in [6, 6.07) is 0. The van der Waals surface area contributed by atoms with E-state index in [2.05, 4.69) is 6.92 Å². The SMILES string of the molecule is CCCCCCC(CC(F)(F)F)SC#N. The van der Waals surface area contributed by atoms with E-state index in [-0.39, 0.29) is 0 Å². The number of alkyl halides is 3. The van der Waals surface area contributed by atoms with Gasteiger partial charge in [-0.2, -0.15) is 18.4 Å². The van der Waals surface area contributed by atoms with Gasteiger partial charge in [-0.05, 0) is 18.2 Å². The second-order valence-corrected chi connectivity index (χ2v) is 4.58. The Morgan fingerprint density at radius 2 is 1.93 bits per heavy atom. The lowest BCUT2D eigenvalue weighted by Crippen LogP contribution is -2.16. The van der Waals surface area contributed by atoms with E-state index in [1.165, 1.54) is 0 Å². The Hall–Kier alpha value is -0.370. The Balaban J connectivity index is 3.79. The van der Waals surface area contributed by atoms with Crippen LogP contribution in [0.15, 0.2) is 0 Å². The van der Waals surface area contributed by atoms with E-state index in [1.807, 2.05) is 0 Å².